The van der Waals surface area contributed by atoms with Crippen molar-refractivity contribution in [2.75, 3.05) is 14.2 Å². The monoisotopic (exact) mass is 295 g/mol. The molecule has 0 radical (unpaired) electrons. The number of imidazole rings is 1. The van der Waals surface area contributed by atoms with Gasteiger partial charge in [0.05, 0.1) is 37.9 Å². The van der Waals surface area contributed by atoms with Crippen molar-refractivity contribution in [3.8, 4) is 22.8 Å². The van der Waals surface area contributed by atoms with Gasteiger partial charge in [0.1, 0.15) is 5.65 Å². The Labute approximate surface area is 125 Å². The Morgan fingerprint density at radius 3 is 2.77 bits per heavy atom. The van der Waals surface area contributed by atoms with Crippen LogP contribution in [0.5, 0.6) is 11.5 Å². The zero-order valence-corrected chi connectivity index (χ0v) is 12.1. The van der Waals surface area contributed by atoms with Crippen molar-refractivity contribution < 1.29 is 9.47 Å². The Hall–Kier alpha value is -3.09. The number of hydrogen-bond donors (Lipinski definition) is 0. The van der Waals surface area contributed by atoms with E-state index in [1.54, 1.807) is 31.1 Å². The van der Waals surface area contributed by atoms with Crippen LogP contribution in [0.2, 0.25) is 0 Å². The van der Waals surface area contributed by atoms with Crippen molar-refractivity contribution in [1.29, 1.82) is 0 Å². The van der Waals surface area contributed by atoms with E-state index < -0.39 is 0 Å². The van der Waals surface area contributed by atoms with Gasteiger partial charge in [-0.15, -0.1) is 0 Å². The Morgan fingerprint density at radius 1 is 1.09 bits per heavy atom. The van der Waals surface area contributed by atoms with Crippen LogP contribution in [0, 0.1) is 0 Å². The van der Waals surface area contributed by atoms with Crippen molar-refractivity contribution in [3.63, 3.8) is 0 Å². The van der Waals surface area contributed by atoms with Gasteiger partial charge < -0.3 is 13.9 Å². The fraction of sp³-hybridized carbons (Fsp3) is 0.133. The smallest absolute Gasteiger partial charge is 0.177 e. The van der Waals surface area contributed by atoms with Gasteiger partial charge in [-0.2, -0.15) is 5.10 Å². The molecule has 0 fully saturated rings. The molecule has 22 heavy (non-hydrogen) atoms. The van der Waals surface area contributed by atoms with Gasteiger partial charge in [0.2, 0.25) is 0 Å². The molecule has 7 heteroatoms. The van der Waals surface area contributed by atoms with Gasteiger partial charge in [-0.3, -0.25) is 0 Å². The Morgan fingerprint density at radius 2 is 1.95 bits per heavy atom. The lowest BCUT2D eigenvalue weighted by Gasteiger charge is -2.06. The van der Waals surface area contributed by atoms with Crippen LogP contribution in [-0.4, -0.2) is 38.2 Å². The number of ether oxygens (including phenoxy) is 2. The third-order valence-electron chi connectivity index (χ3n) is 3.52. The van der Waals surface area contributed by atoms with E-state index in [0.29, 0.717) is 11.5 Å². The first-order valence-corrected chi connectivity index (χ1v) is 6.69. The van der Waals surface area contributed by atoms with Crippen LogP contribution in [-0.2, 0) is 0 Å². The van der Waals surface area contributed by atoms with Gasteiger partial charge >= 0.3 is 0 Å². The number of hydrogen-bond acceptors (Lipinski definition) is 5. The fourth-order valence-electron chi connectivity index (χ4n) is 2.45. The highest BCUT2D eigenvalue weighted by Gasteiger charge is 2.13. The molecule has 7 nitrogen and oxygen atoms in total. The molecule has 4 heterocycles. The van der Waals surface area contributed by atoms with Crippen LogP contribution >= 0.6 is 0 Å². The molecule has 0 spiro atoms. The minimum atomic E-state index is 0.644. The maximum absolute atomic E-state index is 5.31. The van der Waals surface area contributed by atoms with Crippen LogP contribution in [0.4, 0.5) is 0 Å². The highest BCUT2D eigenvalue weighted by Crippen LogP contribution is 2.30. The largest absolute Gasteiger partial charge is 0.493 e. The van der Waals surface area contributed by atoms with E-state index in [2.05, 4.69) is 15.1 Å². The van der Waals surface area contributed by atoms with Crippen molar-refractivity contribution in [2.24, 2.45) is 0 Å². The summed E-state index contributed by atoms with van der Waals surface area (Å²) in [6, 6.07) is 3.67. The summed E-state index contributed by atoms with van der Waals surface area (Å²) < 4.78 is 14.2. The molecule has 4 rings (SSSR count). The second-order valence-corrected chi connectivity index (χ2v) is 4.75. The van der Waals surface area contributed by atoms with Crippen LogP contribution in [0.25, 0.3) is 22.6 Å². The summed E-state index contributed by atoms with van der Waals surface area (Å²) in [7, 11) is 3.21. The van der Waals surface area contributed by atoms with Crippen molar-refractivity contribution in [2.45, 2.75) is 0 Å². The van der Waals surface area contributed by atoms with Crippen molar-refractivity contribution >= 4 is 11.3 Å². The molecule has 0 saturated heterocycles. The average molecular weight is 295 g/mol. The lowest BCUT2D eigenvalue weighted by atomic mass is 10.2. The standard InChI is InChI=1S/C15H13N5O2/c1-21-12-6-14-18-11(8-19(14)9-13(12)22-2)10-7-17-20-5-3-4-16-15(10)20/h3-9H,1-2H3. The van der Waals surface area contributed by atoms with E-state index in [4.69, 9.17) is 9.47 Å². The number of nitrogens with zero attached hydrogens (tertiary/aromatic N) is 5. The van der Waals surface area contributed by atoms with Gasteiger partial charge in [0.25, 0.3) is 0 Å². The summed E-state index contributed by atoms with van der Waals surface area (Å²) in [5.41, 5.74) is 3.21. The maximum atomic E-state index is 5.31. The zero-order chi connectivity index (χ0) is 15.1. The van der Waals surface area contributed by atoms with E-state index in [1.807, 2.05) is 35.1 Å². The highest BCUT2D eigenvalue weighted by molar-refractivity contribution is 5.75. The zero-order valence-electron chi connectivity index (χ0n) is 12.1. The first-order chi connectivity index (χ1) is 10.8. The summed E-state index contributed by atoms with van der Waals surface area (Å²) >= 11 is 0. The van der Waals surface area contributed by atoms with Gasteiger partial charge in [-0.25, -0.2) is 14.5 Å². The number of fused-ring (bicyclic) bond motifs is 2. The number of pyridine rings is 1. The second-order valence-electron chi connectivity index (χ2n) is 4.75. The predicted octanol–water partition coefficient (Wildman–Crippen LogP) is 2.06. The van der Waals surface area contributed by atoms with E-state index in [9.17, 15) is 0 Å². The number of aromatic nitrogens is 5. The molecule has 0 unspecified atom stereocenters. The summed E-state index contributed by atoms with van der Waals surface area (Å²) in [6.45, 7) is 0. The SMILES string of the molecule is COc1cc2nc(-c3cnn4cccnc34)cn2cc1OC. The van der Waals surface area contributed by atoms with Gasteiger partial charge in [0, 0.05) is 24.7 Å². The third kappa shape index (κ3) is 1.79. The molecule has 0 amide bonds. The number of rotatable bonds is 3. The lowest BCUT2D eigenvalue weighted by Crippen LogP contribution is -1.93. The van der Waals surface area contributed by atoms with Crippen molar-refractivity contribution in [1.82, 2.24) is 24.0 Å². The van der Waals surface area contributed by atoms with Gasteiger partial charge in [-0.05, 0) is 6.07 Å². The molecule has 0 atom stereocenters. The molecular formula is C15H13N5O2. The molecular weight excluding hydrogens is 282 g/mol. The summed E-state index contributed by atoms with van der Waals surface area (Å²) in [5.74, 6) is 1.29. The third-order valence-corrected chi connectivity index (χ3v) is 3.52. The van der Waals surface area contributed by atoms with Crippen molar-refractivity contribution in [3.05, 3.63) is 43.1 Å². The summed E-state index contributed by atoms with van der Waals surface area (Å²) in [6.07, 6.45) is 9.11. The van der Waals surface area contributed by atoms with Gasteiger partial charge in [-0.1, -0.05) is 0 Å². The maximum Gasteiger partial charge on any atom is 0.177 e. The van der Waals surface area contributed by atoms with Crippen LogP contribution in [0.15, 0.2) is 43.1 Å². The molecule has 0 aliphatic rings. The summed E-state index contributed by atoms with van der Waals surface area (Å²) in [4.78, 5) is 8.98. The molecule has 4 aromatic heterocycles. The first kappa shape index (κ1) is 12.6. The fourth-order valence-corrected chi connectivity index (χ4v) is 2.45. The second kappa shape index (κ2) is 4.73. The average Bonchev–Trinajstić information content (AvgIpc) is 3.16. The quantitative estimate of drug-likeness (QED) is 0.579. The topological polar surface area (TPSA) is 66.0 Å². The van der Waals surface area contributed by atoms with E-state index in [1.165, 1.54) is 0 Å². The molecule has 0 saturated carbocycles. The predicted molar refractivity (Wildman–Crippen MR) is 80.3 cm³/mol. The van der Waals surface area contributed by atoms with E-state index in [-0.39, 0.29) is 0 Å². The molecule has 0 aliphatic heterocycles. The molecule has 0 aromatic carbocycles. The van der Waals surface area contributed by atoms with E-state index in [0.717, 1.165) is 22.6 Å². The summed E-state index contributed by atoms with van der Waals surface area (Å²) in [5, 5.41) is 4.29. The Bertz CT molecular complexity index is 932. The molecule has 110 valence electrons. The Kier molecular flexibility index (Phi) is 2.72. The Balaban J connectivity index is 1.92. The lowest BCUT2D eigenvalue weighted by molar-refractivity contribution is 0.353. The van der Waals surface area contributed by atoms with Crippen LogP contribution in [0.3, 0.4) is 0 Å². The van der Waals surface area contributed by atoms with Crippen LogP contribution < -0.4 is 9.47 Å². The minimum Gasteiger partial charge on any atom is -0.493 e. The highest BCUT2D eigenvalue weighted by atomic mass is 16.5. The minimum absolute atomic E-state index is 0.644. The molecule has 0 bridgehead atoms. The first-order valence-electron chi connectivity index (χ1n) is 6.69. The van der Waals surface area contributed by atoms with Crippen LogP contribution in [0.1, 0.15) is 0 Å². The molecule has 4 aromatic rings. The number of methoxy groups -OCH3 is 2. The van der Waals surface area contributed by atoms with Gasteiger partial charge in [0.15, 0.2) is 17.1 Å². The normalized spacial score (nSPS) is 11.2. The van der Waals surface area contributed by atoms with E-state index >= 15 is 0 Å². The molecule has 0 aliphatic carbocycles. The molecule has 0 N–H and O–H groups in total.